The van der Waals surface area contributed by atoms with Crippen molar-refractivity contribution in [3.63, 3.8) is 0 Å². The largest absolute Gasteiger partial charge is 0.412 e. The molecule has 1 heterocycles. The third-order valence-electron chi connectivity index (χ3n) is 11.4. The lowest BCUT2D eigenvalue weighted by molar-refractivity contribution is -0.0860. The number of hydrogen-bond acceptors (Lipinski definition) is 2. The van der Waals surface area contributed by atoms with E-state index >= 15 is 0 Å². The van der Waals surface area contributed by atoms with Crippen LogP contribution >= 0.6 is 0 Å². The van der Waals surface area contributed by atoms with Crippen molar-refractivity contribution >= 4 is 8.32 Å². The summed E-state index contributed by atoms with van der Waals surface area (Å²) in [5, 5.41) is 0.297. The van der Waals surface area contributed by atoms with Crippen LogP contribution in [0.2, 0.25) is 18.1 Å². The summed E-state index contributed by atoms with van der Waals surface area (Å²) in [6.07, 6.45) is 17.3. The van der Waals surface area contributed by atoms with Crippen LogP contribution in [-0.4, -0.2) is 27.1 Å². The van der Waals surface area contributed by atoms with Crippen molar-refractivity contribution in [2.45, 2.75) is 116 Å². The highest BCUT2D eigenvalue weighted by atomic mass is 28.4. The molecule has 0 amide bonds. The van der Waals surface area contributed by atoms with Gasteiger partial charge in [-0.2, -0.15) is 0 Å². The second-order valence-corrected chi connectivity index (χ2v) is 19.1. The van der Waals surface area contributed by atoms with Crippen molar-refractivity contribution in [3.8, 4) is 0 Å². The maximum atomic E-state index is 7.10. The van der Waals surface area contributed by atoms with Gasteiger partial charge in [0.1, 0.15) is 0 Å². The summed E-state index contributed by atoms with van der Waals surface area (Å²) >= 11 is 0. The lowest BCUT2D eigenvalue weighted by atomic mass is 9.49. The van der Waals surface area contributed by atoms with Gasteiger partial charge in [-0.1, -0.05) is 39.8 Å². The molecule has 3 heteroatoms. The summed E-state index contributed by atoms with van der Waals surface area (Å²) in [5.41, 5.74) is 3.87. The average Bonchev–Trinajstić information content (AvgIpc) is 3.09. The van der Waals surface area contributed by atoms with Crippen molar-refractivity contribution in [1.82, 2.24) is 0 Å². The molecule has 0 bridgehead atoms. The van der Waals surface area contributed by atoms with E-state index in [0.29, 0.717) is 10.5 Å². The molecule has 5 aliphatic rings. The lowest BCUT2D eigenvalue weighted by Crippen LogP contribution is -2.54. The molecule has 3 saturated carbocycles. The van der Waals surface area contributed by atoms with Crippen LogP contribution in [0.3, 0.4) is 0 Å². The molecule has 0 aromatic rings. The third-order valence-corrected chi connectivity index (χ3v) is 16.0. The van der Waals surface area contributed by atoms with Gasteiger partial charge < -0.3 is 9.16 Å². The molecule has 3 fully saturated rings. The van der Waals surface area contributed by atoms with Gasteiger partial charge in [0.15, 0.2) is 8.32 Å². The van der Waals surface area contributed by atoms with Crippen LogP contribution in [0.1, 0.15) is 92.4 Å². The van der Waals surface area contributed by atoms with Crippen LogP contribution in [0.25, 0.3) is 0 Å². The van der Waals surface area contributed by atoms with E-state index in [2.05, 4.69) is 59.9 Å². The monoisotopic (exact) mass is 470 g/mol. The predicted molar refractivity (Wildman–Crippen MR) is 141 cm³/mol. The zero-order chi connectivity index (χ0) is 23.6. The molecule has 0 spiro atoms. The summed E-state index contributed by atoms with van der Waals surface area (Å²) in [6, 6.07) is 0. The lowest BCUT2D eigenvalue weighted by Gasteiger charge is -2.58. The second kappa shape index (κ2) is 8.34. The molecule has 2 nitrogen and oxygen atoms in total. The first kappa shape index (κ1) is 24.3. The number of allylic oxidation sites excluding steroid dienone is 2. The SMILES string of the molecule is CC(C)(C)[Si](C)(C)O[C@]1(C)CC[C@H]2[C@H](CC[C@@H]3[C@@H]2CC[C@]2(C)C(C4=CCOCC4)=CC[C@@H]32)C1. The smallest absolute Gasteiger partial charge is 0.192 e. The van der Waals surface area contributed by atoms with Gasteiger partial charge in [0.05, 0.1) is 18.8 Å². The normalized spacial score (nSPS) is 43.8. The van der Waals surface area contributed by atoms with Gasteiger partial charge in [0.2, 0.25) is 0 Å². The van der Waals surface area contributed by atoms with Gasteiger partial charge in [-0.25, -0.2) is 0 Å². The van der Waals surface area contributed by atoms with Gasteiger partial charge >= 0.3 is 0 Å². The highest BCUT2D eigenvalue weighted by Gasteiger charge is 2.56. The first-order valence-corrected chi connectivity index (χ1v) is 17.0. The summed E-state index contributed by atoms with van der Waals surface area (Å²) in [6.45, 7) is 18.9. The fraction of sp³-hybridized carbons (Fsp3) is 0.867. The zero-order valence-electron chi connectivity index (χ0n) is 22.6. The van der Waals surface area contributed by atoms with E-state index < -0.39 is 8.32 Å². The van der Waals surface area contributed by atoms with Gasteiger partial charge in [0.25, 0.3) is 0 Å². The molecule has 0 saturated heterocycles. The molecule has 0 aromatic carbocycles. The molecule has 0 radical (unpaired) electrons. The molecule has 186 valence electrons. The van der Waals surface area contributed by atoms with E-state index in [1.54, 1.807) is 11.1 Å². The van der Waals surface area contributed by atoms with Gasteiger partial charge in [-0.15, -0.1) is 0 Å². The molecule has 1 aliphatic heterocycles. The van der Waals surface area contributed by atoms with Crippen LogP contribution in [0.5, 0.6) is 0 Å². The van der Waals surface area contributed by atoms with Crippen molar-refractivity contribution < 1.29 is 9.16 Å². The molecule has 0 unspecified atom stereocenters. The van der Waals surface area contributed by atoms with E-state index in [1.165, 1.54) is 51.4 Å². The molecule has 33 heavy (non-hydrogen) atoms. The summed E-state index contributed by atoms with van der Waals surface area (Å²) in [5.74, 6) is 4.65. The van der Waals surface area contributed by atoms with Crippen molar-refractivity contribution in [1.29, 1.82) is 0 Å². The maximum Gasteiger partial charge on any atom is 0.192 e. The maximum absolute atomic E-state index is 7.10. The Labute approximate surface area is 205 Å². The summed E-state index contributed by atoms with van der Waals surface area (Å²) < 4.78 is 12.7. The first-order valence-electron chi connectivity index (χ1n) is 14.1. The second-order valence-electron chi connectivity index (χ2n) is 14.4. The predicted octanol–water partition coefficient (Wildman–Crippen LogP) is 8.30. The van der Waals surface area contributed by atoms with Gasteiger partial charge in [-0.3, -0.25) is 0 Å². The fourth-order valence-electron chi connectivity index (χ4n) is 8.76. The third kappa shape index (κ3) is 4.16. The number of fused-ring (bicyclic) bond motifs is 5. The number of hydrogen-bond donors (Lipinski definition) is 0. The minimum Gasteiger partial charge on any atom is -0.412 e. The molecule has 5 rings (SSSR count). The Hall–Kier alpha value is -0.383. The van der Waals surface area contributed by atoms with Crippen molar-refractivity contribution in [2.75, 3.05) is 13.2 Å². The van der Waals surface area contributed by atoms with E-state index in [0.717, 1.165) is 49.2 Å². The Morgan fingerprint density at radius 1 is 0.970 bits per heavy atom. The Morgan fingerprint density at radius 2 is 1.73 bits per heavy atom. The van der Waals surface area contributed by atoms with Crippen LogP contribution < -0.4 is 0 Å². The van der Waals surface area contributed by atoms with Gasteiger partial charge in [-0.05, 0) is 129 Å². The number of ether oxygens (including phenoxy) is 1. The van der Waals surface area contributed by atoms with Crippen LogP contribution in [0.4, 0.5) is 0 Å². The van der Waals surface area contributed by atoms with E-state index in [4.69, 9.17) is 9.16 Å². The standard InChI is InChI=1S/C30H50O2Si/c1-28(2,3)33(6,7)32-29(4)16-12-23-22(20-29)8-9-25-24(23)13-17-30(5)26(10-11-27(25)30)21-14-18-31-19-15-21/h10,14,22-25,27H,8-9,11-13,15-20H2,1-7H3/t22-,23+,24-,25-,27+,29-,30-/m1/s1. The molecule has 7 atom stereocenters. The van der Waals surface area contributed by atoms with Crippen LogP contribution in [0.15, 0.2) is 23.3 Å². The van der Waals surface area contributed by atoms with E-state index in [9.17, 15) is 0 Å². The molecular weight excluding hydrogens is 420 g/mol. The summed E-state index contributed by atoms with van der Waals surface area (Å²) in [4.78, 5) is 0. The fourth-order valence-corrected chi connectivity index (χ4v) is 10.5. The van der Waals surface area contributed by atoms with Gasteiger partial charge in [0, 0.05) is 0 Å². The van der Waals surface area contributed by atoms with Crippen molar-refractivity contribution in [3.05, 3.63) is 23.3 Å². The van der Waals surface area contributed by atoms with Crippen LogP contribution in [0, 0.1) is 35.0 Å². The van der Waals surface area contributed by atoms with Crippen molar-refractivity contribution in [2.24, 2.45) is 35.0 Å². The average molecular weight is 471 g/mol. The van der Waals surface area contributed by atoms with E-state index in [1.807, 2.05) is 0 Å². The molecule has 0 N–H and O–H groups in total. The highest BCUT2D eigenvalue weighted by molar-refractivity contribution is 6.74. The quantitative estimate of drug-likeness (QED) is 0.386. The summed E-state index contributed by atoms with van der Waals surface area (Å²) in [7, 11) is -1.73. The topological polar surface area (TPSA) is 18.5 Å². The molecular formula is C30H50O2Si. The Balaban J connectivity index is 1.28. The highest BCUT2D eigenvalue weighted by Crippen LogP contribution is 2.64. The minimum atomic E-state index is -1.73. The number of rotatable bonds is 3. The zero-order valence-corrected chi connectivity index (χ0v) is 23.6. The van der Waals surface area contributed by atoms with E-state index in [-0.39, 0.29) is 5.60 Å². The Bertz CT molecular complexity index is 820. The molecule has 4 aliphatic carbocycles. The first-order chi connectivity index (χ1) is 15.4. The minimum absolute atomic E-state index is 0.109. The molecule has 0 aromatic heterocycles. The Morgan fingerprint density at radius 3 is 2.42 bits per heavy atom. The van der Waals surface area contributed by atoms with Crippen LogP contribution in [-0.2, 0) is 9.16 Å². The Kier molecular flexibility index (Phi) is 6.14.